The van der Waals surface area contributed by atoms with Gasteiger partial charge in [-0.05, 0) is 30.3 Å². The average molecular weight is 482 g/mol. The van der Waals surface area contributed by atoms with Crippen molar-refractivity contribution < 1.29 is 22.8 Å². The number of hydrogen-bond donors (Lipinski definition) is 1. The van der Waals surface area contributed by atoms with Crippen molar-refractivity contribution in [2.24, 2.45) is 0 Å². The lowest BCUT2D eigenvalue weighted by atomic mass is 10.1. The molecule has 0 atom stereocenters. The molecule has 3 heterocycles. The van der Waals surface area contributed by atoms with Crippen LogP contribution in [0.2, 0.25) is 0 Å². The molecule has 0 bridgehead atoms. The van der Waals surface area contributed by atoms with Crippen molar-refractivity contribution in [1.82, 2.24) is 15.1 Å². The summed E-state index contributed by atoms with van der Waals surface area (Å²) in [6.45, 7) is 1.10. The summed E-state index contributed by atoms with van der Waals surface area (Å²) in [5, 5.41) is 11.5. The van der Waals surface area contributed by atoms with Gasteiger partial charge in [0.1, 0.15) is 0 Å². The van der Waals surface area contributed by atoms with Crippen molar-refractivity contribution >= 4 is 34.8 Å². The number of hydrogen-bond acceptors (Lipinski definition) is 6. The first kappa shape index (κ1) is 22.6. The molecule has 180 valence electrons. The van der Waals surface area contributed by atoms with E-state index in [0.29, 0.717) is 36.0 Å². The standard InChI is InChI=1S/C24H21F3N6O2/c1-31-19-9-5-4-8-18(19)28-22(34)16-14-20(29-30-21(16)31)32-10-12-33(13-11-32)23(35)15-6-2-3-7-17(15)24(25,26)27/h2-9,14H,10-13H2,1H3,(H,28,34). The van der Waals surface area contributed by atoms with Crippen molar-refractivity contribution in [2.75, 3.05) is 48.3 Å². The van der Waals surface area contributed by atoms with Crippen LogP contribution in [0.5, 0.6) is 0 Å². The number of anilines is 4. The molecular weight excluding hydrogens is 461 g/mol. The molecule has 11 heteroatoms. The topological polar surface area (TPSA) is 81.7 Å². The number of para-hydroxylation sites is 2. The molecule has 0 spiro atoms. The zero-order valence-electron chi connectivity index (χ0n) is 18.7. The van der Waals surface area contributed by atoms with Crippen molar-refractivity contribution in [3.05, 3.63) is 71.3 Å². The molecule has 0 radical (unpaired) electrons. The lowest BCUT2D eigenvalue weighted by molar-refractivity contribution is -0.138. The van der Waals surface area contributed by atoms with Gasteiger partial charge in [0.2, 0.25) is 0 Å². The molecule has 35 heavy (non-hydrogen) atoms. The largest absolute Gasteiger partial charge is 0.417 e. The van der Waals surface area contributed by atoms with E-state index in [-0.39, 0.29) is 24.6 Å². The van der Waals surface area contributed by atoms with Crippen molar-refractivity contribution in [2.45, 2.75) is 6.18 Å². The van der Waals surface area contributed by atoms with Crippen LogP contribution in [-0.4, -0.2) is 60.1 Å². The van der Waals surface area contributed by atoms with Gasteiger partial charge >= 0.3 is 6.18 Å². The molecule has 1 aromatic heterocycles. The van der Waals surface area contributed by atoms with Gasteiger partial charge in [0, 0.05) is 33.2 Å². The first-order chi connectivity index (χ1) is 16.7. The molecule has 2 amide bonds. The number of amides is 2. The Kier molecular flexibility index (Phi) is 5.54. The molecule has 0 unspecified atom stereocenters. The summed E-state index contributed by atoms with van der Waals surface area (Å²) in [6.07, 6.45) is -4.61. The monoisotopic (exact) mass is 482 g/mol. The number of halogens is 3. The first-order valence-corrected chi connectivity index (χ1v) is 11.0. The summed E-state index contributed by atoms with van der Waals surface area (Å²) in [5.41, 5.74) is 0.489. The van der Waals surface area contributed by atoms with Crippen LogP contribution in [0.1, 0.15) is 26.3 Å². The molecule has 3 aromatic rings. The number of nitrogens with zero attached hydrogens (tertiary/aromatic N) is 5. The molecule has 1 fully saturated rings. The summed E-state index contributed by atoms with van der Waals surface area (Å²) in [5.74, 6) is -0.107. The van der Waals surface area contributed by atoms with Crippen molar-refractivity contribution in [3.63, 3.8) is 0 Å². The fourth-order valence-electron chi connectivity index (χ4n) is 4.35. The minimum Gasteiger partial charge on any atom is -0.352 e. The predicted molar refractivity (Wildman–Crippen MR) is 124 cm³/mol. The maximum Gasteiger partial charge on any atom is 0.417 e. The summed E-state index contributed by atoms with van der Waals surface area (Å²) < 4.78 is 40.0. The maximum absolute atomic E-state index is 13.3. The number of alkyl halides is 3. The second-order valence-electron chi connectivity index (χ2n) is 8.29. The highest BCUT2D eigenvalue weighted by atomic mass is 19.4. The minimum absolute atomic E-state index is 0.210. The van der Waals surface area contributed by atoms with Gasteiger partial charge in [-0.1, -0.05) is 24.3 Å². The Bertz CT molecular complexity index is 1300. The molecule has 5 rings (SSSR count). The fraction of sp³-hybridized carbons (Fsp3) is 0.250. The normalized spacial score (nSPS) is 15.8. The quantitative estimate of drug-likeness (QED) is 0.599. The van der Waals surface area contributed by atoms with Crippen molar-refractivity contribution in [1.29, 1.82) is 0 Å². The fourth-order valence-corrected chi connectivity index (χ4v) is 4.35. The molecule has 1 N–H and O–H groups in total. The Morgan fingerprint density at radius 2 is 1.66 bits per heavy atom. The summed E-state index contributed by atoms with van der Waals surface area (Å²) in [7, 11) is 1.80. The van der Waals surface area contributed by atoms with Gasteiger partial charge in [0.15, 0.2) is 11.6 Å². The highest BCUT2D eigenvalue weighted by Gasteiger charge is 2.36. The van der Waals surface area contributed by atoms with Crippen LogP contribution in [0.3, 0.4) is 0 Å². The number of fused-ring (bicyclic) bond motifs is 2. The number of nitrogens with one attached hydrogen (secondary N) is 1. The van der Waals surface area contributed by atoms with Gasteiger partial charge in [0.05, 0.1) is 28.1 Å². The molecule has 2 aliphatic rings. The highest BCUT2D eigenvalue weighted by molar-refractivity contribution is 6.12. The summed E-state index contributed by atoms with van der Waals surface area (Å²) in [6, 6.07) is 13.8. The number of benzene rings is 2. The van der Waals surface area contributed by atoms with Gasteiger partial charge in [-0.15, -0.1) is 10.2 Å². The third kappa shape index (κ3) is 4.13. The summed E-state index contributed by atoms with van der Waals surface area (Å²) >= 11 is 0. The third-order valence-electron chi connectivity index (χ3n) is 6.19. The molecule has 2 aromatic carbocycles. The Labute approximate surface area is 199 Å². The van der Waals surface area contributed by atoms with Crippen LogP contribution >= 0.6 is 0 Å². The third-order valence-corrected chi connectivity index (χ3v) is 6.19. The minimum atomic E-state index is -4.61. The Hall–Kier alpha value is -4.15. The lowest BCUT2D eigenvalue weighted by Crippen LogP contribution is -2.49. The van der Waals surface area contributed by atoms with E-state index in [0.717, 1.165) is 11.8 Å². The number of piperazine rings is 1. The van der Waals surface area contributed by atoms with Crippen LogP contribution in [0.25, 0.3) is 0 Å². The number of carbonyl (C=O) groups is 2. The van der Waals surface area contributed by atoms with E-state index in [1.54, 1.807) is 24.1 Å². The maximum atomic E-state index is 13.3. The van der Waals surface area contributed by atoms with Crippen molar-refractivity contribution in [3.8, 4) is 0 Å². The van der Waals surface area contributed by atoms with E-state index in [1.807, 2.05) is 23.1 Å². The van der Waals surface area contributed by atoms with E-state index >= 15 is 0 Å². The molecular formula is C24H21F3N6O2. The molecule has 1 saturated heterocycles. The van der Waals surface area contributed by atoms with Gasteiger partial charge in [-0.3, -0.25) is 9.59 Å². The Morgan fingerprint density at radius 3 is 2.40 bits per heavy atom. The molecule has 0 saturated carbocycles. The van der Waals surface area contributed by atoms with E-state index in [4.69, 9.17) is 0 Å². The Morgan fingerprint density at radius 1 is 0.971 bits per heavy atom. The predicted octanol–water partition coefficient (Wildman–Crippen LogP) is 3.79. The van der Waals surface area contributed by atoms with E-state index < -0.39 is 17.6 Å². The number of aromatic nitrogens is 2. The van der Waals surface area contributed by atoms with E-state index in [1.165, 1.54) is 23.1 Å². The van der Waals surface area contributed by atoms with Crippen LogP contribution < -0.4 is 15.1 Å². The average Bonchev–Trinajstić information content (AvgIpc) is 2.97. The van der Waals surface area contributed by atoms with Crippen LogP contribution in [0.15, 0.2) is 54.6 Å². The van der Waals surface area contributed by atoms with Crippen LogP contribution in [0.4, 0.5) is 36.2 Å². The van der Waals surface area contributed by atoms with Gasteiger partial charge in [0.25, 0.3) is 11.8 Å². The molecule has 0 aliphatic carbocycles. The van der Waals surface area contributed by atoms with Crippen LogP contribution in [-0.2, 0) is 6.18 Å². The zero-order valence-corrected chi connectivity index (χ0v) is 18.7. The lowest BCUT2D eigenvalue weighted by Gasteiger charge is -2.35. The molecule has 2 aliphatic heterocycles. The second kappa shape index (κ2) is 8.57. The van der Waals surface area contributed by atoms with Crippen LogP contribution in [0, 0.1) is 0 Å². The van der Waals surface area contributed by atoms with Gasteiger partial charge < -0.3 is 20.0 Å². The second-order valence-corrected chi connectivity index (χ2v) is 8.29. The number of rotatable bonds is 2. The Balaban J connectivity index is 1.34. The highest BCUT2D eigenvalue weighted by Crippen LogP contribution is 2.36. The van der Waals surface area contributed by atoms with Gasteiger partial charge in [-0.25, -0.2) is 0 Å². The molecule has 8 nitrogen and oxygen atoms in total. The zero-order chi connectivity index (χ0) is 24.7. The number of carbonyl (C=O) groups excluding carboxylic acids is 2. The summed E-state index contributed by atoms with van der Waals surface area (Å²) in [4.78, 5) is 30.8. The SMILES string of the molecule is CN1c2ccccc2NC(=O)c2cc(N3CCN(C(=O)c4ccccc4C(F)(F)F)CC3)nnc21. The van der Waals surface area contributed by atoms with Gasteiger partial charge in [-0.2, -0.15) is 13.2 Å². The smallest absolute Gasteiger partial charge is 0.352 e. The first-order valence-electron chi connectivity index (χ1n) is 11.0. The van der Waals surface area contributed by atoms with E-state index in [9.17, 15) is 22.8 Å². The van der Waals surface area contributed by atoms with E-state index in [2.05, 4.69) is 15.5 Å².